The summed E-state index contributed by atoms with van der Waals surface area (Å²) in [4.78, 5) is 26.0. The van der Waals surface area contributed by atoms with Crippen molar-refractivity contribution in [1.82, 2.24) is 19.9 Å². The SMILES string of the molecule is Cc1cnc(C2CN(C(=O)c3ncccc3C)CCO2)[nH]1. The average Bonchev–Trinajstić information content (AvgIpc) is 2.94. The largest absolute Gasteiger partial charge is 0.367 e. The molecule has 0 radical (unpaired) electrons. The zero-order valence-electron chi connectivity index (χ0n) is 12.2. The smallest absolute Gasteiger partial charge is 0.272 e. The summed E-state index contributed by atoms with van der Waals surface area (Å²) in [6.07, 6.45) is 3.21. The minimum absolute atomic E-state index is 0.0512. The predicted octanol–water partition coefficient (Wildman–Crippen LogP) is 1.64. The second-order valence-corrected chi connectivity index (χ2v) is 5.23. The second kappa shape index (κ2) is 5.65. The van der Waals surface area contributed by atoms with Gasteiger partial charge in [0.05, 0.1) is 13.2 Å². The number of morpholine rings is 1. The van der Waals surface area contributed by atoms with E-state index in [1.807, 2.05) is 26.0 Å². The van der Waals surface area contributed by atoms with Gasteiger partial charge in [-0.2, -0.15) is 0 Å². The summed E-state index contributed by atoms with van der Waals surface area (Å²) in [6.45, 7) is 5.41. The molecular weight excluding hydrogens is 268 g/mol. The Hall–Kier alpha value is -2.21. The van der Waals surface area contributed by atoms with Crippen LogP contribution >= 0.6 is 0 Å². The quantitative estimate of drug-likeness (QED) is 0.911. The zero-order valence-corrected chi connectivity index (χ0v) is 12.2. The fourth-order valence-electron chi connectivity index (χ4n) is 2.46. The van der Waals surface area contributed by atoms with E-state index in [1.54, 1.807) is 17.3 Å². The summed E-state index contributed by atoms with van der Waals surface area (Å²) < 4.78 is 5.72. The number of imidazole rings is 1. The van der Waals surface area contributed by atoms with Gasteiger partial charge in [-0.15, -0.1) is 0 Å². The van der Waals surface area contributed by atoms with Gasteiger partial charge < -0.3 is 14.6 Å². The fourth-order valence-corrected chi connectivity index (χ4v) is 2.46. The van der Waals surface area contributed by atoms with Gasteiger partial charge in [0.2, 0.25) is 0 Å². The maximum absolute atomic E-state index is 12.6. The molecule has 1 N–H and O–H groups in total. The Labute approximate surface area is 123 Å². The molecule has 6 heteroatoms. The molecule has 2 aromatic heterocycles. The van der Waals surface area contributed by atoms with Crippen LogP contribution in [-0.4, -0.2) is 45.5 Å². The van der Waals surface area contributed by atoms with Gasteiger partial charge >= 0.3 is 0 Å². The van der Waals surface area contributed by atoms with Crippen molar-refractivity contribution < 1.29 is 9.53 Å². The highest BCUT2D eigenvalue weighted by molar-refractivity contribution is 5.93. The van der Waals surface area contributed by atoms with Crippen molar-refractivity contribution in [2.45, 2.75) is 20.0 Å². The van der Waals surface area contributed by atoms with E-state index < -0.39 is 0 Å². The fraction of sp³-hybridized carbons (Fsp3) is 0.400. The number of aromatic nitrogens is 3. The highest BCUT2D eigenvalue weighted by atomic mass is 16.5. The van der Waals surface area contributed by atoms with E-state index in [1.165, 1.54) is 0 Å². The predicted molar refractivity (Wildman–Crippen MR) is 76.9 cm³/mol. The first-order chi connectivity index (χ1) is 10.1. The Morgan fingerprint density at radius 1 is 1.43 bits per heavy atom. The van der Waals surface area contributed by atoms with Gasteiger partial charge in [0.15, 0.2) is 0 Å². The van der Waals surface area contributed by atoms with Crippen LogP contribution in [0.3, 0.4) is 0 Å². The van der Waals surface area contributed by atoms with Crippen molar-refractivity contribution in [3.8, 4) is 0 Å². The Balaban J connectivity index is 1.77. The number of amides is 1. The Morgan fingerprint density at radius 2 is 2.29 bits per heavy atom. The van der Waals surface area contributed by atoms with Crippen LogP contribution in [0.2, 0.25) is 0 Å². The molecular formula is C15H18N4O2. The maximum Gasteiger partial charge on any atom is 0.272 e. The van der Waals surface area contributed by atoms with Crippen LogP contribution < -0.4 is 0 Å². The van der Waals surface area contributed by atoms with Crippen LogP contribution in [0.5, 0.6) is 0 Å². The molecule has 0 aliphatic carbocycles. The number of H-pyrrole nitrogens is 1. The number of hydrogen-bond donors (Lipinski definition) is 1. The van der Waals surface area contributed by atoms with E-state index >= 15 is 0 Å². The van der Waals surface area contributed by atoms with Crippen LogP contribution in [0.4, 0.5) is 0 Å². The number of ether oxygens (including phenoxy) is 1. The number of nitrogens with zero attached hydrogens (tertiary/aromatic N) is 3. The lowest BCUT2D eigenvalue weighted by molar-refractivity contribution is -0.0266. The van der Waals surface area contributed by atoms with Crippen LogP contribution in [0.1, 0.15) is 33.7 Å². The van der Waals surface area contributed by atoms with Crippen molar-refractivity contribution in [1.29, 1.82) is 0 Å². The summed E-state index contributed by atoms with van der Waals surface area (Å²) in [5.41, 5.74) is 2.38. The van der Waals surface area contributed by atoms with Crippen LogP contribution in [0, 0.1) is 13.8 Å². The highest BCUT2D eigenvalue weighted by Gasteiger charge is 2.28. The van der Waals surface area contributed by atoms with Gasteiger partial charge in [-0.3, -0.25) is 9.78 Å². The van der Waals surface area contributed by atoms with Gasteiger partial charge in [-0.05, 0) is 25.5 Å². The normalized spacial score (nSPS) is 18.8. The Bertz CT molecular complexity index is 653. The molecule has 21 heavy (non-hydrogen) atoms. The molecule has 1 saturated heterocycles. The first-order valence-corrected chi connectivity index (χ1v) is 6.99. The molecule has 2 aromatic rings. The van der Waals surface area contributed by atoms with Gasteiger partial charge in [0.25, 0.3) is 5.91 Å². The number of carbonyl (C=O) groups is 1. The number of rotatable bonds is 2. The Morgan fingerprint density at radius 3 is 3.00 bits per heavy atom. The Kier molecular flexibility index (Phi) is 3.70. The number of pyridine rings is 1. The molecule has 0 spiro atoms. The van der Waals surface area contributed by atoms with Crippen molar-refractivity contribution in [3.05, 3.63) is 47.3 Å². The lowest BCUT2D eigenvalue weighted by Gasteiger charge is -2.32. The molecule has 1 aliphatic rings. The average molecular weight is 286 g/mol. The van der Waals surface area contributed by atoms with E-state index in [-0.39, 0.29) is 12.0 Å². The van der Waals surface area contributed by atoms with E-state index in [4.69, 9.17) is 4.74 Å². The third kappa shape index (κ3) is 2.80. The number of hydrogen-bond acceptors (Lipinski definition) is 4. The summed E-state index contributed by atoms with van der Waals surface area (Å²) >= 11 is 0. The molecule has 1 aliphatic heterocycles. The van der Waals surface area contributed by atoms with Crippen molar-refractivity contribution in [2.24, 2.45) is 0 Å². The van der Waals surface area contributed by atoms with E-state index in [0.717, 1.165) is 17.1 Å². The van der Waals surface area contributed by atoms with Gasteiger partial charge in [-0.25, -0.2) is 4.98 Å². The van der Waals surface area contributed by atoms with Gasteiger partial charge in [-0.1, -0.05) is 6.07 Å². The molecule has 3 rings (SSSR count). The topological polar surface area (TPSA) is 71.1 Å². The first-order valence-electron chi connectivity index (χ1n) is 6.99. The molecule has 0 bridgehead atoms. The number of carbonyl (C=O) groups excluding carboxylic acids is 1. The minimum atomic E-state index is -0.208. The van der Waals surface area contributed by atoms with Gasteiger partial charge in [0.1, 0.15) is 17.6 Å². The third-order valence-corrected chi connectivity index (χ3v) is 3.59. The minimum Gasteiger partial charge on any atom is -0.367 e. The monoisotopic (exact) mass is 286 g/mol. The molecule has 1 unspecified atom stereocenters. The number of aryl methyl sites for hydroxylation is 2. The van der Waals surface area contributed by atoms with Crippen molar-refractivity contribution >= 4 is 5.91 Å². The van der Waals surface area contributed by atoms with Crippen molar-refractivity contribution in [3.63, 3.8) is 0 Å². The summed E-state index contributed by atoms with van der Waals surface area (Å²) in [6, 6.07) is 3.73. The van der Waals surface area contributed by atoms with Gasteiger partial charge in [0, 0.05) is 24.6 Å². The molecule has 110 valence electrons. The molecule has 0 aromatic carbocycles. The lowest BCUT2D eigenvalue weighted by Crippen LogP contribution is -2.43. The lowest BCUT2D eigenvalue weighted by atomic mass is 10.1. The summed E-state index contributed by atoms with van der Waals surface area (Å²) in [5.74, 6) is 0.715. The number of aromatic amines is 1. The van der Waals surface area contributed by atoms with E-state index in [9.17, 15) is 4.79 Å². The zero-order chi connectivity index (χ0) is 14.8. The standard InChI is InChI=1S/C15H18N4O2/c1-10-4-3-5-16-13(10)15(20)19-6-7-21-12(9-19)14-17-8-11(2)18-14/h3-5,8,12H,6-7,9H2,1-2H3,(H,17,18). The maximum atomic E-state index is 12.6. The van der Waals surface area contributed by atoms with Crippen molar-refractivity contribution in [2.75, 3.05) is 19.7 Å². The summed E-state index contributed by atoms with van der Waals surface area (Å²) in [7, 11) is 0. The molecule has 1 atom stereocenters. The van der Waals surface area contributed by atoms with E-state index in [2.05, 4.69) is 15.0 Å². The van der Waals surface area contributed by atoms with Crippen LogP contribution in [0.25, 0.3) is 0 Å². The number of nitrogens with one attached hydrogen (secondary N) is 1. The molecule has 0 saturated carbocycles. The van der Waals surface area contributed by atoms with Crippen LogP contribution in [-0.2, 0) is 4.74 Å². The molecule has 1 amide bonds. The first kappa shape index (κ1) is 13.8. The molecule has 6 nitrogen and oxygen atoms in total. The summed E-state index contributed by atoms with van der Waals surface area (Å²) in [5, 5.41) is 0. The third-order valence-electron chi connectivity index (χ3n) is 3.59. The van der Waals surface area contributed by atoms with E-state index in [0.29, 0.717) is 25.4 Å². The molecule has 3 heterocycles. The second-order valence-electron chi connectivity index (χ2n) is 5.23. The highest BCUT2D eigenvalue weighted by Crippen LogP contribution is 2.21. The van der Waals surface area contributed by atoms with Crippen LogP contribution in [0.15, 0.2) is 24.5 Å². The molecule has 1 fully saturated rings.